The maximum atomic E-state index is 8.87. The quantitative estimate of drug-likeness (QED) is 0.775. The van der Waals surface area contributed by atoms with Crippen molar-refractivity contribution in [3.8, 4) is 11.4 Å². The normalized spacial score (nSPS) is 10.1. The second kappa shape index (κ2) is 3.98. The molecule has 1 aromatic carbocycles. The molecule has 0 unspecified atom stereocenters. The Morgan fingerprint density at radius 3 is 2.21 bits per heavy atom. The van der Waals surface area contributed by atoms with Crippen molar-refractivity contribution < 1.29 is 5.11 Å². The first-order chi connectivity index (χ1) is 6.90. The van der Waals surface area contributed by atoms with Crippen LogP contribution in [0, 0.1) is 0 Å². The van der Waals surface area contributed by atoms with Crippen LogP contribution in [0.2, 0.25) is 0 Å². The van der Waals surface area contributed by atoms with Crippen LogP contribution in [0.3, 0.4) is 0 Å². The van der Waals surface area contributed by atoms with Gasteiger partial charge in [0.2, 0.25) is 0 Å². The van der Waals surface area contributed by atoms with E-state index in [1.807, 2.05) is 24.3 Å². The molecule has 0 saturated carbocycles. The maximum Gasteiger partial charge on any atom is 0.159 e. The summed E-state index contributed by atoms with van der Waals surface area (Å²) in [5, 5.41) is 8.87. The highest BCUT2D eigenvalue weighted by Crippen LogP contribution is 2.14. The minimum Gasteiger partial charge on any atom is -0.392 e. The zero-order chi connectivity index (χ0) is 9.80. The van der Waals surface area contributed by atoms with Crippen molar-refractivity contribution in [2.45, 2.75) is 6.61 Å². The summed E-state index contributed by atoms with van der Waals surface area (Å²) in [7, 11) is 0. The lowest BCUT2D eigenvalue weighted by Crippen LogP contribution is -1.87. The Morgan fingerprint density at radius 1 is 1.00 bits per heavy atom. The van der Waals surface area contributed by atoms with E-state index >= 15 is 0 Å². The molecule has 3 heteroatoms. The van der Waals surface area contributed by atoms with Crippen molar-refractivity contribution in [1.29, 1.82) is 0 Å². The molecule has 0 spiro atoms. The number of hydrogen-bond acceptors (Lipinski definition) is 3. The first-order valence-electron chi connectivity index (χ1n) is 4.37. The van der Waals surface area contributed by atoms with Crippen LogP contribution in [0.15, 0.2) is 42.7 Å². The molecule has 14 heavy (non-hydrogen) atoms. The third-order valence-corrected chi connectivity index (χ3v) is 1.96. The number of aliphatic hydroxyl groups excluding tert-OH is 1. The molecule has 2 rings (SSSR count). The summed E-state index contributed by atoms with van der Waals surface area (Å²) >= 11 is 0. The molecule has 0 bridgehead atoms. The van der Waals surface area contributed by atoms with Gasteiger partial charge in [0.25, 0.3) is 0 Å². The molecule has 2 aromatic rings. The Balaban J connectivity index is 2.34. The Hall–Kier alpha value is -1.74. The minimum atomic E-state index is 0.0654. The number of nitrogens with zero attached hydrogens (tertiary/aromatic N) is 2. The number of aromatic nitrogens is 2. The van der Waals surface area contributed by atoms with Crippen molar-refractivity contribution in [2.24, 2.45) is 0 Å². The van der Waals surface area contributed by atoms with Crippen molar-refractivity contribution >= 4 is 0 Å². The van der Waals surface area contributed by atoms with Crippen LogP contribution in [0.4, 0.5) is 0 Å². The fraction of sp³-hybridized carbons (Fsp3) is 0.0909. The first-order valence-corrected chi connectivity index (χ1v) is 4.37. The Labute approximate surface area is 82.1 Å². The largest absolute Gasteiger partial charge is 0.392 e. The van der Waals surface area contributed by atoms with Gasteiger partial charge in [0.15, 0.2) is 5.82 Å². The van der Waals surface area contributed by atoms with E-state index < -0.39 is 0 Å². The van der Waals surface area contributed by atoms with Gasteiger partial charge in [0.1, 0.15) is 0 Å². The predicted octanol–water partition coefficient (Wildman–Crippen LogP) is 1.64. The average molecular weight is 186 g/mol. The van der Waals surface area contributed by atoms with E-state index in [2.05, 4.69) is 9.97 Å². The van der Waals surface area contributed by atoms with Crippen LogP contribution in [0.1, 0.15) is 5.56 Å². The molecule has 0 atom stereocenters. The van der Waals surface area contributed by atoms with Gasteiger partial charge in [-0.2, -0.15) is 0 Å². The molecule has 0 fully saturated rings. The Bertz CT molecular complexity index is 397. The van der Waals surface area contributed by atoms with Crippen LogP contribution in [-0.4, -0.2) is 15.1 Å². The van der Waals surface area contributed by atoms with E-state index in [-0.39, 0.29) is 6.61 Å². The summed E-state index contributed by atoms with van der Waals surface area (Å²) in [6.45, 7) is 0.0654. The fourth-order valence-electron chi connectivity index (χ4n) is 1.21. The van der Waals surface area contributed by atoms with E-state index in [1.54, 1.807) is 18.5 Å². The fourth-order valence-corrected chi connectivity index (χ4v) is 1.21. The van der Waals surface area contributed by atoms with Crippen LogP contribution >= 0.6 is 0 Å². The summed E-state index contributed by atoms with van der Waals surface area (Å²) in [4.78, 5) is 8.26. The van der Waals surface area contributed by atoms with Gasteiger partial charge in [-0.25, -0.2) is 9.97 Å². The average Bonchev–Trinajstić information content (AvgIpc) is 2.30. The topological polar surface area (TPSA) is 46.0 Å². The number of rotatable bonds is 2. The van der Waals surface area contributed by atoms with Gasteiger partial charge in [-0.05, 0) is 11.6 Å². The van der Waals surface area contributed by atoms with Gasteiger partial charge in [-0.1, -0.05) is 24.3 Å². The lowest BCUT2D eigenvalue weighted by atomic mass is 10.1. The standard InChI is InChI=1S/C11H10N2O/c14-8-9-2-4-10(5-3-9)11-12-6-1-7-13-11/h1-7,14H,8H2. The van der Waals surface area contributed by atoms with Crippen molar-refractivity contribution in [3.05, 3.63) is 48.3 Å². The highest BCUT2D eigenvalue weighted by atomic mass is 16.3. The summed E-state index contributed by atoms with van der Waals surface area (Å²) in [5.74, 6) is 0.706. The van der Waals surface area contributed by atoms with E-state index in [4.69, 9.17) is 5.11 Å². The Morgan fingerprint density at radius 2 is 1.64 bits per heavy atom. The van der Waals surface area contributed by atoms with Gasteiger partial charge >= 0.3 is 0 Å². The van der Waals surface area contributed by atoms with E-state index in [9.17, 15) is 0 Å². The molecule has 0 saturated heterocycles. The second-order valence-corrected chi connectivity index (χ2v) is 2.93. The van der Waals surface area contributed by atoms with E-state index in [0.29, 0.717) is 5.82 Å². The maximum absolute atomic E-state index is 8.87. The van der Waals surface area contributed by atoms with E-state index in [0.717, 1.165) is 11.1 Å². The molecule has 0 aliphatic rings. The molecule has 1 N–H and O–H groups in total. The van der Waals surface area contributed by atoms with E-state index in [1.165, 1.54) is 0 Å². The summed E-state index contributed by atoms with van der Waals surface area (Å²) < 4.78 is 0. The zero-order valence-corrected chi connectivity index (χ0v) is 7.59. The molecule has 0 aliphatic heterocycles. The second-order valence-electron chi connectivity index (χ2n) is 2.93. The molecule has 0 radical (unpaired) electrons. The summed E-state index contributed by atoms with van der Waals surface area (Å²) in [5.41, 5.74) is 1.85. The third kappa shape index (κ3) is 1.78. The van der Waals surface area contributed by atoms with Crippen LogP contribution < -0.4 is 0 Å². The van der Waals surface area contributed by atoms with Crippen LogP contribution in [0.25, 0.3) is 11.4 Å². The van der Waals surface area contributed by atoms with Gasteiger partial charge < -0.3 is 5.11 Å². The summed E-state index contributed by atoms with van der Waals surface area (Å²) in [6.07, 6.45) is 3.42. The number of hydrogen-bond donors (Lipinski definition) is 1. The van der Waals surface area contributed by atoms with Crippen molar-refractivity contribution in [3.63, 3.8) is 0 Å². The first kappa shape index (κ1) is 8.84. The van der Waals surface area contributed by atoms with Crippen molar-refractivity contribution in [1.82, 2.24) is 9.97 Å². The monoisotopic (exact) mass is 186 g/mol. The molecule has 70 valence electrons. The SMILES string of the molecule is OCc1ccc(-c2ncccn2)cc1. The summed E-state index contributed by atoms with van der Waals surface area (Å²) in [6, 6.07) is 9.32. The molecular formula is C11H10N2O. The highest BCUT2D eigenvalue weighted by molar-refractivity contribution is 5.54. The van der Waals surface area contributed by atoms with Crippen molar-refractivity contribution in [2.75, 3.05) is 0 Å². The highest BCUT2D eigenvalue weighted by Gasteiger charge is 1.98. The molecule has 0 aliphatic carbocycles. The Kier molecular flexibility index (Phi) is 2.51. The third-order valence-electron chi connectivity index (χ3n) is 1.96. The van der Waals surface area contributed by atoms with Crippen LogP contribution in [-0.2, 0) is 6.61 Å². The minimum absolute atomic E-state index is 0.0654. The van der Waals surface area contributed by atoms with Gasteiger partial charge in [0.05, 0.1) is 6.61 Å². The van der Waals surface area contributed by atoms with Crippen LogP contribution in [0.5, 0.6) is 0 Å². The lowest BCUT2D eigenvalue weighted by molar-refractivity contribution is 0.282. The molecular weight excluding hydrogens is 176 g/mol. The lowest BCUT2D eigenvalue weighted by Gasteiger charge is -2.00. The van der Waals surface area contributed by atoms with Gasteiger partial charge in [0, 0.05) is 18.0 Å². The van der Waals surface area contributed by atoms with Gasteiger partial charge in [-0.3, -0.25) is 0 Å². The molecule has 1 heterocycles. The molecule has 3 nitrogen and oxygen atoms in total. The zero-order valence-electron chi connectivity index (χ0n) is 7.59. The predicted molar refractivity (Wildman–Crippen MR) is 53.4 cm³/mol. The van der Waals surface area contributed by atoms with Gasteiger partial charge in [-0.15, -0.1) is 0 Å². The number of benzene rings is 1. The number of aliphatic hydroxyl groups is 1. The smallest absolute Gasteiger partial charge is 0.159 e. The molecule has 0 amide bonds. The molecule has 1 aromatic heterocycles.